The Kier molecular flexibility index (Phi) is 10.2. The number of hydrogen-bond donors (Lipinski definition) is 1. The fourth-order valence-corrected chi connectivity index (χ4v) is 8.98. The fourth-order valence-electron chi connectivity index (χ4n) is 6.78. The zero-order valence-electron chi connectivity index (χ0n) is 24.0. The maximum atomic E-state index is 14.6. The molecule has 0 radical (unpaired) electrons. The van der Waals surface area contributed by atoms with Crippen molar-refractivity contribution in [1.82, 2.24) is 4.90 Å². The van der Waals surface area contributed by atoms with Gasteiger partial charge in [0.15, 0.2) is 0 Å². The van der Waals surface area contributed by atoms with Crippen LogP contribution in [0.5, 0.6) is 0 Å². The Morgan fingerprint density at radius 2 is 1.95 bits per heavy atom. The van der Waals surface area contributed by atoms with Crippen molar-refractivity contribution in [3.8, 4) is 0 Å². The smallest absolute Gasteiger partial charge is 0.310 e. The van der Waals surface area contributed by atoms with Crippen molar-refractivity contribution < 1.29 is 24.2 Å². The number of unbranched alkanes of at least 4 members (excludes halogenated alkanes) is 4. The lowest BCUT2D eigenvalue weighted by Crippen LogP contribution is -2.55. The Morgan fingerprint density at radius 1 is 1.18 bits per heavy atom. The second-order valence-electron chi connectivity index (χ2n) is 11.4. The standard InChI is InChI=1S/C32H44N2O5S/c1-5-7-12-20-39-31(38)26-25-15-16-32(40-25)27(26)29(36)34(18-10-8-9-11-19-35)28(32)30(37)33(17-6-2)24-21-22(3)13-14-23(24)4/h5-6,13-14,21,25-28,35H,1-2,7-12,15-20H2,3-4H3/t25-,26+,27+,28?,32?/m1/s1. The van der Waals surface area contributed by atoms with E-state index in [1.807, 2.05) is 32.0 Å². The summed E-state index contributed by atoms with van der Waals surface area (Å²) in [6, 6.07) is 5.41. The van der Waals surface area contributed by atoms with Crippen molar-refractivity contribution in [3.05, 3.63) is 54.6 Å². The molecule has 7 nitrogen and oxygen atoms in total. The lowest BCUT2D eigenvalue weighted by atomic mass is 9.71. The minimum Gasteiger partial charge on any atom is -0.465 e. The van der Waals surface area contributed by atoms with E-state index in [0.717, 1.165) is 61.8 Å². The number of ether oxygens (including phenoxy) is 1. The van der Waals surface area contributed by atoms with Gasteiger partial charge in [-0.1, -0.05) is 37.1 Å². The van der Waals surface area contributed by atoms with Crippen molar-refractivity contribution >= 4 is 35.2 Å². The quantitative estimate of drug-likeness (QED) is 0.183. The lowest BCUT2D eigenvalue weighted by molar-refractivity contribution is -0.154. The molecule has 218 valence electrons. The van der Waals surface area contributed by atoms with Crippen LogP contribution in [0.25, 0.3) is 0 Å². The molecule has 1 aromatic carbocycles. The highest BCUT2D eigenvalue weighted by Crippen LogP contribution is 2.66. The number of aryl methyl sites for hydroxylation is 2. The van der Waals surface area contributed by atoms with Gasteiger partial charge in [-0.3, -0.25) is 14.4 Å². The number of aliphatic hydroxyl groups excluding tert-OH is 1. The summed E-state index contributed by atoms with van der Waals surface area (Å²) in [6.07, 6.45) is 9.72. The van der Waals surface area contributed by atoms with Gasteiger partial charge in [-0.2, -0.15) is 0 Å². The van der Waals surface area contributed by atoms with E-state index >= 15 is 0 Å². The predicted molar refractivity (Wildman–Crippen MR) is 160 cm³/mol. The van der Waals surface area contributed by atoms with E-state index in [1.54, 1.807) is 33.7 Å². The van der Waals surface area contributed by atoms with Gasteiger partial charge in [0.05, 0.1) is 23.2 Å². The summed E-state index contributed by atoms with van der Waals surface area (Å²) < 4.78 is 5.02. The van der Waals surface area contributed by atoms with E-state index < -0.39 is 22.6 Å². The Bertz CT molecular complexity index is 1120. The second kappa shape index (κ2) is 13.4. The van der Waals surface area contributed by atoms with Gasteiger partial charge in [-0.15, -0.1) is 24.9 Å². The highest BCUT2D eigenvalue weighted by atomic mass is 32.2. The Labute approximate surface area is 243 Å². The van der Waals surface area contributed by atoms with Crippen molar-refractivity contribution in [3.63, 3.8) is 0 Å². The van der Waals surface area contributed by atoms with Gasteiger partial charge in [0.1, 0.15) is 6.04 Å². The largest absolute Gasteiger partial charge is 0.465 e. The van der Waals surface area contributed by atoms with E-state index in [0.29, 0.717) is 26.1 Å². The number of carbonyl (C=O) groups is 3. The first-order valence-electron chi connectivity index (χ1n) is 14.7. The maximum Gasteiger partial charge on any atom is 0.310 e. The van der Waals surface area contributed by atoms with Crippen molar-refractivity contribution in [2.24, 2.45) is 11.8 Å². The third-order valence-electron chi connectivity index (χ3n) is 8.64. The number of benzene rings is 1. The minimum absolute atomic E-state index is 0.0172. The van der Waals surface area contributed by atoms with Crippen molar-refractivity contribution in [2.45, 2.75) is 81.3 Å². The van der Waals surface area contributed by atoms with Gasteiger partial charge in [0.25, 0.3) is 5.91 Å². The van der Waals surface area contributed by atoms with Crippen LogP contribution >= 0.6 is 11.8 Å². The average molecular weight is 569 g/mol. The number of allylic oxidation sites excluding steroid dienone is 1. The molecule has 8 heteroatoms. The molecule has 1 spiro atoms. The third kappa shape index (κ3) is 5.75. The van der Waals surface area contributed by atoms with E-state index in [9.17, 15) is 19.5 Å². The molecule has 3 fully saturated rings. The summed E-state index contributed by atoms with van der Waals surface area (Å²) in [5.74, 6) is -1.59. The number of amides is 2. The highest BCUT2D eigenvalue weighted by Gasteiger charge is 2.74. The normalized spacial score (nSPS) is 26.6. The molecule has 2 unspecified atom stereocenters. The second-order valence-corrected chi connectivity index (χ2v) is 13.0. The van der Waals surface area contributed by atoms with Crippen LogP contribution < -0.4 is 4.90 Å². The molecule has 3 aliphatic rings. The number of nitrogens with zero attached hydrogens (tertiary/aromatic N) is 2. The molecule has 3 heterocycles. The number of hydrogen-bond acceptors (Lipinski definition) is 6. The van der Waals surface area contributed by atoms with Crippen LogP contribution in [0.2, 0.25) is 0 Å². The number of aliphatic hydroxyl groups is 1. The molecule has 1 aromatic rings. The zero-order valence-corrected chi connectivity index (χ0v) is 24.8. The van der Waals surface area contributed by atoms with Crippen LogP contribution in [0.3, 0.4) is 0 Å². The van der Waals surface area contributed by atoms with Crippen LogP contribution in [0.15, 0.2) is 43.5 Å². The summed E-state index contributed by atoms with van der Waals surface area (Å²) in [5, 5.41) is 9.16. The van der Waals surface area contributed by atoms with E-state index in [4.69, 9.17) is 4.74 Å². The first-order chi connectivity index (χ1) is 19.3. The molecule has 0 saturated carbocycles. The van der Waals surface area contributed by atoms with E-state index in [-0.39, 0.29) is 29.6 Å². The molecular weight excluding hydrogens is 524 g/mol. The molecule has 5 atom stereocenters. The number of likely N-dealkylation sites (tertiary alicyclic amines) is 1. The van der Waals surface area contributed by atoms with Gasteiger partial charge in [-0.25, -0.2) is 0 Å². The average Bonchev–Trinajstić information content (AvgIpc) is 3.58. The van der Waals surface area contributed by atoms with Gasteiger partial charge in [0.2, 0.25) is 5.91 Å². The summed E-state index contributed by atoms with van der Waals surface area (Å²) in [5.41, 5.74) is 2.87. The number of rotatable bonds is 15. The number of anilines is 1. The Hall–Kier alpha value is -2.58. The Balaban J connectivity index is 1.68. The van der Waals surface area contributed by atoms with Gasteiger partial charge < -0.3 is 19.6 Å². The van der Waals surface area contributed by atoms with Crippen LogP contribution in [0.4, 0.5) is 5.69 Å². The van der Waals surface area contributed by atoms with Crippen LogP contribution in [-0.4, -0.2) is 70.1 Å². The molecule has 1 N–H and O–H groups in total. The monoisotopic (exact) mass is 568 g/mol. The predicted octanol–water partition coefficient (Wildman–Crippen LogP) is 4.98. The number of carbonyl (C=O) groups excluding carboxylic acids is 3. The topological polar surface area (TPSA) is 87.1 Å². The zero-order chi connectivity index (χ0) is 28.9. The fraction of sp³-hybridized carbons (Fsp3) is 0.594. The SMILES string of the molecule is C=CCCCOC(=O)[C@@H]1[C@H]2C(=O)N(CCCCCCO)C(C(=O)N(CC=C)c3cc(C)ccc3C)C23CC[C@H]1S3. The number of fused-ring (bicyclic) bond motifs is 1. The molecule has 2 bridgehead atoms. The third-order valence-corrected chi connectivity index (χ3v) is 10.6. The van der Waals surface area contributed by atoms with Gasteiger partial charge in [-0.05, 0) is 69.6 Å². The lowest BCUT2D eigenvalue weighted by Gasteiger charge is -2.37. The van der Waals surface area contributed by atoms with Crippen LogP contribution in [0, 0.1) is 25.7 Å². The maximum absolute atomic E-state index is 14.6. The summed E-state index contributed by atoms with van der Waals surface area (Å²) in [4.78, 5) is 45.8. The van der Waals surface area contributed by atoms with Crippen molar-refractivity contribution in [1.29, 1.82) is 0 Å². The molecule has 0 aliphatic carbocycles. The Morgan fingerprint density at radius 3 is 2.67 bits per heavy atom. The molecule has 40 heavy (non-hydrogen) atoms. The number of thioether (sulfide) groups is 1. The molecule has 0 aromatic heterocycles. The summed E-state index contributed by atoms with van der Waals surface area (Å²) in [6.45, 7) is 12.9. The molecule has 3 aliphatic heterocycles. The summed E-state index contributed by atoms with van der Waals surface area (Å²) >= 11 is 1.67. The van der Waals surface area contributed by atoms with Gasteiger partial charge in [0, 0.05) is 30.6 Å². The molecule has 3 saturated heterocycles. The van der Waals surface area contributed by atoms with Crippen molar-refractivity contribution in [2.75, 3.05) is 31.2 Å². The van der Waals surface area contributed by atoms with Gasteiger partial charge >= 0.3 is 5.97 Å². The highest BCUT2D eigenvalue weighted by molar-refractivity contribution is 8.02. The first-order valence-corrected chi connectivity index (χ1v) is 15.5. The van der Waals surface area contributed by atoms with Crippen LogP contribution in [-0.2, 0) is 19.1 Å². The summed E-state index contributed by atoms with van der Waals surface area (Å²) in [7, 11) is 0. The van der Waals surface area contributed by atoms with E-state index in [1.165, 1.54) is 0 Å². The first kappa shape index (κ1) is 30.4. The van der Waals surface area contributed by atoms with Crippen LogP contribution in [0.1, 0.15) is 62.5 Å². The minimum atomic E-state index is -0.656. The number of esters is 1. The molecular formula is C32H44N2O5S. The molecule has 2 amide bonds. The van der Waals surface area contributed by atoms with E-state index in [2.05, 4.69) is 13.2 Å². The molecule has 4 rings (SSSR count).